The zero-order valence-electron chi connectivity index (χ0n) is 10.8. The van der Waals surface area contributed by atoms with E-state index in [2.05, 4.69) is 6.58 Å². The van der Waals surface area contributed by atoms with Crippen molar-refractivity contribution >= 4 is 23.4 Å². The number of hydrogen-bond donors (Lipinski definition) is 0. The molecular formula is C15H18O3. The quantitative estimate of drug-likeness (QED) is 0.756. The lowest BCUT2D eigenvalue weighted by Crippen LogP contribution is -2.17. The van der Waals surface area contributed by atoms with Crippen molar-refractivity contribution in [3.05, 3.63) is 35.1 Å². The zero-order chi connectivity index (χ0) is 13.0. The minimum atomic E-state index is -0.381. The molecule has 0 N–H and O–H groups in total. The van der Waals surface area contributed by atoms with E-state index in [9.17, 15) is 0 Å². The van der Waals surface area contributed by atoms with Crippen LogP contribution < -0.4 is 10.8 Å². The van der Waals surface area contributed by atoms with Crippen molar-refractivity contribution in [2.75, 3.05) is 13.2 Å². The molecule has 0 unspecified atom stereocenters. The standard InChI is InChI=1S/C15H18O3/c1-4-16-15(17-5-2)10-14-13-9-7-6-8-12(13)11(3)18-14/h6-10,15H,3-5H2,1-2H3/b14-10-. The molecule has 0 atom stereocenters. The molecule has 0 amide bonds. The average Bonchev–Trinajstić information content (AvgIpc) is 2.68. The summed E-state index contributed by atoms with van der Waals surface area (Å²) in [5.41, 5.74) is 1.42. The van der Waals surface area contributed by atoms with Crippen molar-refractivity contribution in [3.8, 4) is 0 Å². The Morgan fingerprint density at radius 2 is 1.78 bits per heavy atom. The minimum absolute atomic E-state index is 0.381. The molecule has 0 aliphatic rings. The molecule has 1 aromatic heterocycles. The van der Waals surface area contributed by atoms with Gasteiger partial charge >= 0.3 is 0 Å². The molecule has 96 valence electrons. The molecule has 3 nitrogen and oxygen atoms in total. The third-order valence-corrected chi connectivity index (χ3v) is 2.68. The normalized spacial score (nSPS) is 12.7. The Hall–Kier alpha value is -1.58. The van der Waals surface area contributed by atoms with Crippen molar-refractivity contribution in [1.29, 1.82) is 0 Å². The first kappa shape index (κ1) is 12.9. The van der Waals surface area contributed by atoms with Crippen LogP contribution >= 0.6 is 0 Å². The molecule has 0 fully saturated rings. The summed E-state index contributed by atoms with van der Waals surface area (Å²) in [6, 6.07) is 7.95. The highest BCUT2D eigenvalue weighted by atomic mass is 16.7. The van der Waals surface area contributed by atoms with Crippen LogP contribution in [-0.2, 0) is 9.47 Å². The van der Waals surface area contributed by atoms with Crippen molar-refractivity contribution in [1.82, 2.24) is 0 Å². The molecular weight excluding hydrogens is 228 g/mol. The largest absolute Gasteiger partial charge is 0.457 e. The number of benzene rings is 1. The SMILES string of the molecule is C=c1o/c(=C\C(OCC)OCC)c2ccccc12. The van der Waals surface area contributed by atoms with Crippen molar-refractivity contribution < 1.29 is 13.9 Å². The van der Waals surface area contributed by atoms with Crippen molar-refractivity contribution in [2.45, 2.75) is 20.1 Å². The maximum absolute atomic E-state index is 5.66. The Morgan fingerprint density at radius 3 is 2.39 bits per heavy atom. The second-order valence-electron chi connectivity index (χ2n) is 3.88. The first-order chi connectivity index (χ1) is 8.76. The van der Waals surface area contributed by atoms with Gasteiger partial charge in [0.2, 0.25) is 0 Å². The first-order valence-electron chi connectivity index (χ1n) is 6.17. The fraction of sp³-hybridized carbons (Fsp3) is 0.333. The van der Waals surface area contributed by atoms with Crippen LogP contribution in [0.2, 0.25) is 0 Å². The second kappa shape index (κ2) is 5.85. The van der Waals surface area contributed by atoms with Crippen LogP contribution in [0, 0.1) is 0 Å². The van der Waals surface area contributed by atoms with Gasteiger partial charge in [-0.1, -0.05) is 30.8 Å². The Balaban J connectivity index is 2.48. The summed E-state index contributed by atoms with van der Waals surface area (Å²) in [7, 11) is 0. The van der Waals surface area contributed by atoms with Crippen molar-refractivity contribution in [3.63, 3.8) is 0 Å². The Morgan fingerprint density at radius 1 is 1.17 bits per heavy atom. The van der Waals surface area contributed by atoms with Gasteiger partial charge in [-0.25, -0.2) is 0 Å². The average molecular weight is 246 g/mol. The summed E-state index contributed by atoms with van der Waals surface area (Å²) >= 11 is 0. The molecule has 18 heavy (non-hydrogen) atoms. The highest BCUT2D eigenvalue weighted by Gasteiger charge is 2.06. The van der Waals surface area contributed by atoms with Crippen LogP contribution in [0.25, 0.3) is 23.4 Å². The van der Waals surface area contributed by atoms with Gasteiger partial charge in [-0.15, -0.1) is 0 Å². The summed E-state index contributed by atoms with van der Waals surface area (Å²) in [4.78, 5) is 0. The first-order valence-corrected chi connectivity index (χ1v) is 6.17. The minimum Gasteiger partial charge on any atom is -0.457 e. The van der Waals surface area contributed by atoms with Gasteiger partial charge in [-0.05, 0) is 13.8 Å². The van der Waals surface area contributed by atoms with E-state index in [4.69, 9.17) is 13.9 Å². The Labute approximate surface area is 106 Å². The molecule has 0 aliphatic heterocycles. The van der Waals surface area contributed by atoms with E-state index in [-0.39, 0.29) is 6.29 Å². The summed E-state index contributed by atoms with van der Waals surface area (Å²) in [6.45, 7) is 8.96. The van der Waals surface area contributed by atoms with Crippen LogP contribution in [0.5, 0.6) is 0 Å². The molecule has 1 heterocycles. The van der Waals surface area contributed by atoms with Crippen LogP contribution in [0.15, 0.2) is 28.7 Å². The smallest absolute Gasteiger partial charge is 0.180 e. The maximum Gasteiger partial charge on any atom is 0.180 e. The molecule has 0 bridgehead atoms. The van der Waals surface area contributed by atoms with Crippen LogP contribution in [0.1, 0.15) is 13.8 Å². The van der Waals surface area contributed by atoms with Gasteiger partial charge < -0.3 is 13.9 Å². The van der Waals surface area contributed by atoms with E-state index in [0.717, 1.165) is 16.2 Å². The van der Waals surface area contributed by atoms with Gasteiger partial charge in [0, 0.05) is 30.1 Å². The molecule has 0 radical (unpaired) electrons. The third-order valence-electron chi connectivity index (χ3n) is 2.68. The maximum atomic E-state index is 5.66. The van der Waals surface area contributed by atoms with Crippen LogP contribution in [0.4, 0.5) is 0 Å². The van der Waals surface area contributed by atoms with E-state index in [1.807, 2.05) is 44.2 Å². The predicted octanol–water partition coefficient (Wildman–Crippen LogP) is 2.02. The van der Waals surface area contributed by atoms with E-state index in [1.54, 1.807) is 0 Å². The van der Waals surface area contributed by atoms with Gasteiger partial charge in [-0.3, -0.25) is 0 Å². The molecule has 0 aliphatic carbocycles. The highest BCUT2D eigenvalue weighted by molar-refractivity contribution is 5.82. The van der Waals surface area contributed by atoms with Gasteiger partial charge in [-0.2, -0.15) is 0 Å². The Bertz CT molecular complexity index is 606. The number of hydrogen-bond acceptors (Lipinski definition) is 3. The van der Waals surface area contributed by atoms with Crippen LogP contribution in [-0.4, -0.2) is 19.5 Å². The highest BCUT2D eigenvalue weighted by Crippen LogP contribution is 2.05. The molecule has 1 aromatic carbocycles. The van der Waals surface area contributed by atoms with Gasteiger partial charge in [0.1, 0.15) is 10.8 Å². The van der Waals surface area contributed by atoms with Crippen molar-refractivity contribution in [2.24, 2.45) is 0 Å². The lowest BCUT2D eigenvalue weighted by atomic mass is 10.2. The number of furan rings is 1. The fourth-order valence-electron chi connectivity index (χ4n) is 1.90. The van der Waals surface area contributed by atoms with Gasteiger partial charge in [0.25, 0.3) is 0 Å². The van der Waals surface area contributed by atoms with Crippen LogP contribution in [0.3, 0.4) is 0 Å². The summed E-state index contributed by atoms with van der Waals surface area (Å²) < 4.78 is 16.6. The molecule has 3 heteroatoms. The number of ether oxygens (including phenoxy) is 2. The molecule has 0 spiro atoms. The number of rotatable bonds is 5. The van der Waals surface area contributed by atoms with E-state index in [1.165, 1.54) is 0 Å². The summed E-state index contributed by atoms with van der Waals surface area (Å²) in [6.07, 6.45) is 1.47. The lowest BCUT2D eigenvalue weighted by Gasteiger charge is -2.11. The predicted molar refractivity (Wildman–Crippen MR) is 72.5 cm³/mol. The zero-order valence-corrected chi connectivity index (χ0v) is 10.8. The summed E-state index contributed by atoms with van der Waals surface area (Å²) in [5.74, 6) is 0. The topological polar surface area (TPSA) is 31.6 Å². The molecule has 2 aromatic rings. The van der Waals surface area contributed by atoms with Gasteiger partial charge in [0.05, 0.1) is 0 Å². The molecule has 0 saturated carbocycles. The monoisotopic (exact) mass is 246 g/mol. The lowest BCUT2D eigenvalue weighted by molar-refractivity contribution is -0.0933. The van der Waals surface area contributed by atoms with E-state index < -0.39 is 0 Å². The fourth-order valence-corrected chi connectivity index (χ4v) is 1.90. The van der Waals surface area contributed by atoms with E-state index >= 15 is 0 Å². The molecule has 2 rings (SSSR count). The van der Waals surface area contributed by atoms with Gasteiger partial charge in [0.15, 0.2) is 6.29 Å². The summed E-state index contributed by atoms with van der Waals surface area (Å²) in [5, 5.41) is 2.06. The Kier molecular flexibility index (Phi) is 4.18. The van der Waals surface area contributed by atoms with E-state index in [0.29, 0.717) is 18.6 Å². The molecule has 0 saturated heterocycles. The second-order valence-corrected chi connectivity index (χ2v) is 3.88. The number of fused-ring (bicyclic) bond motifs is 1. The third kappa shape index (κ3) is 2.63.